The zero-order valence-electron chi connectivity index (χ0n) is 11.9. The molecule has 1 fully saturated rings. The van der Waals surface area contributed by atoms with Gasteiger partial charge in [-0.15, -0.1) is 0 Å². The molecule has 1 saturated heterocycles. The molecule has 1 aliphatic rings. The highest BCUT2D eigenvalue weighted by molar-refractivity contribution is 6.34. The van der Waals surface area contributed by atoms with Gasteiger partial charge in [0.15, 0.2) is 0 Å². The highest BCUT2D eigenvalue weighted by Crippen LogP contribution is 2.04. The quantitative estimate of drug-likeness (QED) is 0.759. The molecule has 2 amide bonds. The Hall–Kier alpha value is -1.95. The normalized spacial score (nSPS) is 15.0. The molecule has 0 bridgehead atoms. The van der Waals surface area contributed by atoms with Crippen molar-refractivity contribution in [2.45, 2.75) is 13.5 Å². The zero-order chi connectivity index (χ0) is 14.5. The number of nitrogens with zero attached hydrogens (tertiary/aromatic N) is 3. The number of rotatable bonds is 2. The van der Waals surface area contributed by atoms with Crippen molar-refractivity contribution in [2.75, 3.05) is 33.2 Å². The average molecular weight is 276 g/mol. The van der Waals surface area contributed by atoms with E-state index in [1.54, 1.807) is 11.9 Å². The number of piperazine rings is 1. The number of likely N-dealkylation sites (N-methyl/N-ethyl adjacent to an activating group) is 1. The molecule has 1 aliphatic heterocycles. The second-order valence-corrected chi connectivity index (χ2v) is 4.97. The molecule has 2 heterocycles. The van der Waals surface area contributed by atoms with Crippen LogP contribution >= 0.6 is 0 Å². The fourth-order valence-electron chi connectivity index (χ4n) is 2.17. The first-order valence-corrected chi connectivity index (χ1v) is 6.75. The molecule has 6 nitrogen and oxygen atoms in total. The van der Waals surface area contributed by atoms with Crippen LogP contribution in [0, 0.1) is 6.92 Å². The molecule has 2 rings (SSSR count). The number of aromatic nitrogens is 1. The van der Waals surface area contributed by atoms with Gasteiger partial charge in [-0.2, -0.15) is 0 Å². The maximum absolute atomic E-state index is 12.1. The van der Waals surface area contributed by atoms with E-state index in [-0.39, 0.29) is 0 Å². The molecule has 0 aliphatic carbocycles. The lowest BCUT2D eigenvalue weighted by Crippen LogP contribution is -2.51. The van der Waals surface area contributed by atoms with Gasteiger partial charge in [-0.1, -0.05) is 6.07 Å². The summed E-state index contributed by atoms with van der Waals surface area (Å²) in [5.74, 6) is -0.906. The molecule has 0 atom stereocenters. The first-order chi connectivity index (χ1) is 9.58. The monoisotopic (exact) mass is 276 g/mol. The predicted molar refractivity (Wildman–Crippen MR) is 74.9 cm³/mol. The molecule has 0 saturated carbocycles. The molecular weight excluding hydrogens is 256 g/mol. The molecule has 0 radical (unpaired) electrons. The third-order valence-electron chi connectivity index (χ3n) is 3.28. The van der Waals surface area contributed by atoms with Crippen LogP contribution in [0.1, 0.15) is 11.4 Å². The maximum atomic E-state index is 12.1. The van der Waals surface area contributed by atoms with Crippen molar-refractivity contribution in [3.8, 4) is 0 Å². The van der Waals surface area contributed by atoms with Crippen LogP contribution in [-0.4, -0.2) is 59.8 Å². The van der Waals surface area contributed by atoms with E-state index in [2.05, 4.69) is 10.3 Å². The van der Waals surface area contributed by atoms with E-state index in [0.29, 0.717) is 19.6 Å². The van der Waals surface area contributed by atoms with Gasteiger partial charge < -0.3 is 15.1 Å². The van der Waals surface area contributed by atoms with Crippen LogP contribution in [0.4, 0.5) is 0 Å². The van der Waals surface area contributed by atoms with Crippen LogP contribution in [0.15, 0.2) is 18.2 Å². The number of amides is 2. The van der Waals surface area contributed by atoms with E-state index < -0.39 is 11.8 Å². The van der Waals surface area contributed by atoms with Gasteiger partial charge in [0.2, 0.25) is 0 Å². The molecule has 0 unspecified atom stereocenters. The first kappa shape index (κ1) is 14.5. The van der Waals surface area contributed by atoms with Gasteiger partial charge in [-0.05, 0) is 19.1 Å². The number of carbonyl (C=O) groups is 2. The lowest BCUT2D eigenvalue weighted by Gasteiger charge is -2.28. The van der Waals surface area contributed by atoms with Crippen LogP contribution in [0.3, 0.4) is 0 Å². The Morgan fingerprint density at radius 2 is 2.05 bits per heavy atom. The Morgan fingerprint density at radius 1 is 1.35 bits per heavy atom. The number of pyridine rings is 1. The Balaban J connectivity index is 1.95. The molecule has 6 heteroatoms. The highest BCUT2D eigenvalue weighted by atomic mass is 16.2. The molecule has 1 aromatic heterocycles. The Morgan fingerprint density at radius 3 is 2.70 bits per heavy atom. The van der Waals surface area contributed by atoms with Crippen molar-refractivity contribution in [1.29, 1.82) is 0 Å². The smallest absolute Gasteiger partial charge is 0.312 e. The van der Waals surface area contributed by atoms with Crippen molar-refractivity contribution in [3.05, 3.63) is 29.6 Å². The number of aryl methyl sites for hydroxylation is 1. The summed E-state index contributed by atoms with van der Waals surface area (Å²) in [6, 6.07) is 5.65. The van der Waals surface area contributed by atoms with Gasteiger partial charge in [0, 0.05) is 38.9 Å². The van der Waals surface area contributed by atoms with Crippen LogP contribution < -0.4 is 5.32 Å². The van der Waals surface area contributed by atoms with E-state index in [1.807, 2.05) is 25.1 Å². The first-order valence-electron chi connectivity index (χ1n) is 6.75. The third kappa shape index (κ3) is 3.54. The fraction of sp³-hybridized carbons (Fsp3) is 0.500. The minimum Gasteiger partial charge on any atom is -0.332 e. The van der Waals surface area contributed by atoms with E-state index in [4.69, 9.17) is 0 Å². The maximum Gasteiger partial charge on any atom is 0.312 e. The van der Waals surface area contributed by atoms with Gasteiger partial charge in [-0.25, -0.2) is 0 Å². The SMILES string of the molecule is Cc1cccc(CN(C)C(=O)C(=O)N2CCNCC2)n1. The Kier molecular flexibility index (Phi) is 4.68. The molecular formula is C14H20N4O2. The van der Waals surface area contributed by atoms with Crippen LogP contribution in [0.5, 0.6) is 0 Å². The minimum atomic E-state index is -0.477. The number of hydrogen-bond donors (Lipinski definition) is 1. The molecule has 1 aromatic rings. The summed E-state index contributed by atoms with van der Waals surface area (Å²) in [5, 5.41) is 3.16. The number of hydrogen-bond acceptors (Lipinski definition) is 4. The second kappa shape index (κ2) is 6.47. The van der Waals surface area contributed by atoms with Gasteiger partial charge in [0.05, 0.1) is 12.2 Å². The van der Waals surface area contributed by atoms with Crippen molar-refractivity contribution in [1.82, 2.24) is 20.1 Å². The summed E-state index contributed by atoms with van der Waals surface area (Å²) in [6.07, 6.45) is 0. The topological polar surface area (TPSA) is 65.5 Å². The van der Waals surface area contributed by atoms with E-state index in [1.165, 1.54) is 4.90 Å². The third-order valence-corrected chi connectivity index (χ3v) is 3.28. The Labute approximate surface area is 118 Å². The molecule has 1 N–H and O–H groups in total. The predicted octanol–water partition coefficient (Wildman–Crippen LogP) is -0.220. The second-order valence-electron chi connectivity index (χ2n) is 4.97. The van der Waals surface area contributed by atoms with Crippen molar-refractivity contribution in [3.63, 3.8) is 0 Å². The summed E-state index contributed by atoms with van der Waals surface area (Å²) in [6.45, 7) is 4.89. The summed E-state index contributed by atoms with van der Waals surface area (Å²) >= 11 is 0. The summed E-state index contributed by atoms with van der Waals surface area (Å²) in [5.41, 5.74) is 1.69. The lowest BCUT2D eigenvalue weighted by atomic mass is 10.3. The largest absolute Gasteiger partial charge is 0.332 e. The molecule has 0 spiro atoms. The van der Waals surface area contributed by atoms with Crippen LogP contribution in [0.2, 0.25) is 0 Å². The van der Waals surface area contributed by atoms with Crippen molar-refractivity contribution >= 4 is 11.8 Å². The Bertz CT molecular complexity index is 498. The standard InChI is InChI=1S/C14H20N4O2/c1-11-4-3-5-12(16-11)10-17(2)13(19)14(20)18-8-6-15-7-9-18/h3-5,15H,6-10H2,1-2H3. The van der Waals surface area contributed by atoms with Crippen LogP contribution in [-0.2, 0) is 16.1 Å². The van der Waals surface area contributed by atoms with Crippen LogP contribution in [0.25, 0.3) is 0 Å². The van der Waals surface area contributed by atoms with Gasteiger partial charge in [-0.3, -0.25) is 14.6 Å². The van der Waals surface area contributed by atoms with E-state index >= 15 is 0 Å². The molecule has 108 valence electrons. The van der Waals surface area contributed by atoms with E-state index in [0.717, 1.165) is 24.5 Å². The molecule has 20 heavy (non-hydrogen) atoms. The summed E-state index contributed by atoms with van der Waals surface area (Å²) in [4.78, 5) is 31.6. The van der Waals surface area contributed by atoms with Gasteiger partial charge >= 0.3 is 11.8 Å². The minimum absolute atomic E-state index is 0.346. The number of nitrogens with one attached hydrogen (secondary N) is 1. The lowest BCUT2D eigenvalue weighted by molar-refractivity contribution is -0.151. The summed E-state index contributed by atoms with van der Waals surface area (Å²) in [7, 11) is 1.63. The zero-order valence-corrected chi connectivity index (χ0v) is 11.9. The average Bonchev–Trinajstić information content (AvgIpc) is 2.46. The highest BCUT2D eigenvalue weighted by Gasteiger charge is 2.26. The fourth-order valence-corrected chi connectivity index (χ4v) is 2.17. The van der Waals surface area contributed by atoms with Crippen molar-refractivity contribution < 1.29 is 9.59 Å². The number of carbonyl (C=O) groups excluding carboxylic acids is 2. The van der Waals surface area contributed by atoms with Crippen molar-refractivity contribution in [2.24, 2.45) is 0 Å². The molecule has 0 aromatic carbocycles. The summed E-state index contributed by atoms with van der Waals surface area (Å²) < 4.78 is 0. The van der Waals surface area contributed by atoms with E-state index in [9.17, 15) is 9.59 Å². The van der Waals surface area contributed by atoms with Gasteiger partial charge in [0.1, 0.15) is 0 Å². The van der Waals surface area contributed by atoms with Gasteiger partial charge in [0.25, 0.3) is 0 Å².